The minimum absolute atomic E-state index is 0.302. The first-order chi connectivity index (χ1) is 10.8. The quantitative estimate of drug-likeness (QED) is 0.905. The van der Waals surface area contributed by atoms with Gasteiger partial charge < -0.3 is 19.7 Å². The number of ether oxygens (including phenoxy) is 2. The molecule has 0 fully saturated rings. The normalized spacial score (nSPS) is 20.8. The Hall–Kier alpha value is -1.26. The first-order valence-electron chi connectivity index (χ1n) is 8.59. The van der Waals surface area contributed by atoms with Crippen LogP contribution in [0.4, 0.5) is 5.69 Å². The van der Waals surface area contributed by atoms with E-state index in [1.807, 2.05) is 0 Å². The fourth-order valence-electron chi connectivity index (χ4n) is 3.48. The lowest BCUT2D eigenvalue weighted by molar-refractivity contribution is 0.169. The fourth-order valence-corrected chi connectivity index (χ4v) is 3.48. The molecular weight excluding hydrogens is 276 g/mol. The minimum atomic E-state index is 0.302. The van der Waals surface area contributed by atoms with Gasteiger partial charge in [0, 0.05) is 13.7 Å². The maximum Gasteiger partial charge on any atom is 0.143 e. The molecule has 1 N–H and O–H groups in total. The summed E-state index contributed by atoms with van der Waals surface area (Å²) in [5.41, 5.74) is 4.18. The van der Waals surface area contributed by atoms with Crippen molar-refractivity contribution in [3.05, 3.63) is 23.3 Å². The summed E-state index contributed by atoms with van der Waals surface area (Å²) < 4.78 is 11.6. The highest BCUT2D eigenvalue weighted by atomic mass is 16.5. The van der Waals surface area contributed by atoms with Gasteiger partial charge in [-0.15, -0.1) is 0 Å². The molecule has 0 radical (unpaired) electrons. The van der Waals surface area contributed by atoms with Gasteiger partial charge in [0.05, 0.1) is 18.8 Å². The third-order valence-electron chi connectivity index (χ3n) is 4.66. The monoisotopic (exact) mass is 304 g/mol. The number of anilines is 1. The lowest BCUT2D eigenvalue weighted by Crippen LogP contribution is -2.41. The molecular formula is C18H28N2O2. The standard InChI is InChI=1S/C18H28N2O2/c1-3-4-16-13-20(9-10-21-2)17-11-14-5-7-19-8-6-15(14)12-18(17)22-16/h11-12,16,19H,3-10,13H2,1-2H3/t16-/m1/s1. The molecule has 0 aromatic heterocycles. The molecule has 3 rings (SSSR count). The van der Waals surface area contributed by atoms with Crippen molar-refractivity contribution < 1.29 is 9.47 Å². The molecule has 0 spiro atoms. The van der Waals surface area contributed by atoms with Crippen molar-refractivity contribution in [2.45, 2.75) is 38.7 Å². The third-order valence-corrected chi connectivity index (χ3v) is 4.66. The van der Waals surface area contributed by atoms with Gasteiger partial charge in [-0.25, -0.2) is 0 Å². The highest BCUT2D eigenvalue weighted by Crippen LogP contribution is 2.37. The van der Waals surface area contributed by atoms with E-state index in [2.05, 4.69) is 29.3 Å². The van der Waals surface area contributed by atoms with Crippen molar-refractivity contribution in [3.8, 4) is 5.75 Å². The summed E-state index contributed by atoms with van der Waals surface area (Å²) in [6.07, 6.45) is 4.78. The summed E-state index contributed by atoms with van der Waals surface area (Å²) in [5, 5.41) is 3.48. The zero-order valence-electron chi connectivity index (χ0n) is 13.9. The molecule has 1 atom stereocenters. The number of nitrogens with zero attached hydrogens (tertiary/aromatic N) is 1. The van der Waals surface area contributed by atoms with E-state index in [0.717, 1.165) is 64.2 Å². The summed E-state index contributed by atoms with van der Waals surface area (Å²) in [7, 11) is 1.77. The van der Waals surface area contributed by atoms with E-state index >= 15 is 0 Å². The van der Waals surface area contributed by atoms with Gasteiger partial charge in [0.25, 0.3) is 0 Å². The van der Waals surface area contributed by atoms with Crippen molar-refractivity contribution in [1.29, 1.82) is 0 Å². The van der Waals surface area contributed by atoms with Crippen molar-refractivity contribution in [2.75, 3.05) is 44.8 Å². The molecule has 0 aliphatic carbocycles. The maximum atomic E-state index is 6.29. The van der Waals surface area contributed by atoms with Gasteiger partial charge in [-0.3, -0.25) is 0 Å². The van der Waals surface area contributed by atoms with E-state index < -0.39 is 0 Å². The summed E-state index contributed by atoms with van der Waals surface area (Å²) in [6, 6.07) is 4.65. The van der Waals surface area contributed by atoms with Gasteiger partial charge >= 0.3 is 0 Å². The predicted molar refractivity (Wildman–Crippen MR) is 90.1 cm³/mol. The van der Waals surface area contributed by atoms with Gasteiger partial charge in [-0.1, -0.05) is 13.3 Å². The molecule has 2 heterocycles. The molecule has 122 valence electrons. The Bertz CT molecular complexity index is 504. The highest BCUT2D eigenvalue weighted by molar-refractivity contribution is 5.64. The molecule has 0 saturated carbocycles. The second kappa shape index (κ2) is 7.34. The first-order valence-corrected chi connectivity index (χ1v) is 8.59. The molecule has 0 amide bonds. The SMILES string of the molecule is CCC[C@@H]1CN(CCOC)c2cc3c(cc2O1)CCNCC3. The van der Waals surface area contributed by atoms with Gasteiger partial charge in [0.1, 0.15) is 11.9 Å². The zero-order valence-corrected chi connectivity index (χ0v) is 13.9. The van der Waals surface area contributed by atoms with Gasteiger partial charge in [0.2, 0.25) is 0 Å². The average molecular weight is 304 g/mol. The topological polar surface area (TPSA) is 33.7 Å². The zero-order chi connectivity index (χ0) is 15.4. The summed E-state index contributed by atoms with van der Waals surface area (Å²) in [6.45, 7) is 7.03. The van der Waals surface area contributed by atoms with Crippen molar-refractivity contribution in [1.82, 2.24) is 5.32 Å². The molecule has 0 saturated heterocycles. The van der Waals surface area contributed by atoms with Crippen LogP contribution in [0.25, 0.3) is 0 Å². The number of hydrogen-bond donors (Lipinski definition) is 1. The van der Waals surface area contributed by atoms with Crippen LogP contribution in [-0.4, -0.2) is 46.0 Å². The van der Waals surface area contributed by atoms with Crippen LogP contribution in [0.3, 0.4) is 0 Å². The smallest absolute Gasteiger partial charge is 0.143 e. The van der Waals surface area contributed by atoms with E-state index in [0.29, 0.717) is 6.10 Å². The van der Waals surface area contributed by atoms with E-state index in [4.69, 9.17) is 9.47 Å². The van der Waals surface area contributed by atoms with Crippen molar-refractivity contribution in [3.63, 3.8) is 0 Å². The van der Waals surface area contributed by atoms with Crippen LogP contribution in [0.5, 0.6) is 5.75 Å². The lowest BCUT2D eigenvalue weighted by Gasteiger charge is -2.37. The molecule has 0 unspecified atom stereocenters. The van der Waals surface area contributed by atoms with E-state index in [9.17, 15) is 0 Å². The molecule has 22 heavy (non-hydrogen) atoms. The number of rotatable bonds is 5. The van der Waals surface area contributed by atoms with Crippen LogP contribution in [0.15, 0.2) is 12.1 Å². The number of benzene rings is 1. The van der Waals surface area contributed by atoms with Crippen molar-refractivity contribution in [2.24, 2.45) is 0 Å². The molecule has 4 nitrogen and oxygen atoms in total. The number of methoxy groups -OCH3 is 1. The van der Waals surface area contributed by atoms with Crippen LogP contribution < -0.4 is 15.0 Å². The molecule has 1 aromatic carbocycles. The Balaban J connectivity index is 1.90. The lowest BCUT2D eigenvalue weighted by atomic mass is 9.99. The Morgan fingerprint density at radius 2 is 2.05 bits per heavy atom. The second-order valence-electron chi connectivity index (χ2n) is 6.31. The first kappa shape index (κ1) is 15.6. The molecule has 0 bridgehead atoms. The van der Waals surface area contributed by atoms with Gasteiger partial charge in [0.15, 0.2) is 0 Å². The van der Waals surface area contributed by atoms with Crippen LogP contribution >= 0.6 is 0 Å². The maximum absolute atomic E-state index is 6.29. The van der Waals surface area contributed by atoms with E-state index in [1.54, 1.807) is 7.11 Å². The number of fused-ring (bicyclic) bond motifs is 2. The fraction of sp³-hybridized carbons (Fsp3) is 0.667. The Morgan fingerprint density at radius 3 is 2.77 bits per heavy atom. The summed E-state index contributed by atoms with van der Waals surface area (Å²) >= 11 is 0. The van der Waals surface area contributed by atoms with Gasteiger partial charge in [-0.2, -0.15) is 0 Å². The molecule has 1 aromatic rings. The Morgan fingerprint density at radius 1 is 1.27 bits per heavy atom. The number of nitrogens with one attached hydrogen (secondary N) is 1. The minimum Gasteiger partial charge on any atom is -0.486 e. The molecule has 2 aliphatic rings. The van der Waals surface area contributed by atoms with Crippen LogP contribution in [0.1, 0.15) is 30.9 Å². The average Bonchev–Trinajstić information content (AvgIpc) is 2.75. The third kappa shape index (κ3) is 3.39. The highest BCUT2D eigenvalue weighted by Gasteiger charge is 2.26. The molecule has 4 heteroatoms. The van der Waals surface area contributed by atoms with Crippen LogP contribution in [0, 0.1) is 0 Å². The summed E-state index contributed by atoms with van der Waals surface area (Å²) in [4.78, 5) is 2.45. The number of hydrogen-bond acceptors (Lipinski definition) is 4. The Kier molecular flexibility index (Phi) is 5.21. The van der Waals surface area contributed by atoms with Crippen LogP contribution in [0.2, 0.25) is 0 Å². The molecule has 2 aliphatic heterocycles. The van der Waals surface area contributed by atoms with E-state index in [1.165, 1.54) is 16.8 Å². The Labute approximate surface area is 133 Å². The second-order valence-corrected chi connectivity index (χ2v) is 6.31. The largest absolute Gasteiger partial charge is 0.486 e. The van der Waals surface area contributed by atoms with Crippen molar-refractivity contribution >= 4 is 5.69 Å². The van der Waals surface area contributed by atoms with E-state index in [-0.39, 0.29) is 0 Å². The van der Waals surface area contributed by atoms with Crippen LogP contribution in [-0.2, 0) is 17.6 Å². The van der Waals surface area contributed by atoms with Gasteiger partial charge in [-0.05, 0) is 55.6 Å². The summed E-state index contributed by atoms with van der Waals surface area (Å²) in [5.74, 6) is 1.07. The predicted octanol–water partition coefficient (Wildman–Crippen LogP) is 2.39.